The molecule has 1 N–H and O–H groups in total. The van der Waals surface area contributed by atoms with Crippen LogP contribution in [0.1, 0.15) is 17.5 Å². The van der Waals surface area contributed by atoms with E-state index in [1.165, 1.54) is 6.07 Å². The molecule has 0 bridgehead atoms. The van der Waals surface area contributed by atoms with Crippen molar-refractivity contribution in [2.24, 2.45) is 0 Å². The van der Waals surface area contributed by atoms with Gasteiger partial charge >= 0.3 is 0 Å². The first kappa shape index (κ1) is 11.1. The van der Waals surface area contributed by atoms with Crippen molar-refractivity contribution in [1.29, 1.82) is 5.26 Å². The minimum absolute atomic E-state index is 0.176. The van der Waals surface area contributed by atoms with Gasteiger partial charge in [-0.3, -0.25) is 0 Å². The van der Waals surface area contributed by atoms with Gasteiger partial charge in [0.2, 0.25) is 0 Å². The summed E-state index contributed by atoms with van der Waals surface area (Å²) in [4.78, 5) is 0. The smallest absolute Gasteiger partial charge is 0.130 e. The van der Waals surface area contributed by atoms with Crippen LogP contribution in [0, 0.1) is 17.1 Å². The Morgan fingerprint density at radius 1 is 1.56 bits per heavy atom. The summed E-state index contributed by atoms with van der Waals surface area (Å²) >= 11 is 0. The number of nitriles is 1. The van der Waals surface area contributed by atoms with Crippen LogP contribution in [-0.4, -0.2) is 19.2 Å². The molecule has 1 aliphatic rings. The normalized spacial score (nSPS) is 19.6. The molecule has 1 heterocycles. The molecule has 1 fully saturated rings. The van der Waals surface area contributed by atoms with Crippen LogP contribution in [0.4, 0.5) is 4.39 Å². The van der Waals surface area contributed by atoms with Crippen molar-refractivity contribution < 1.29 is 9.13 Å². The molecule has 0 spiro atoms. The van der Waals surface area contributed by atoms with Crippen LogP contribution < -0.4 is 5.32 Å². The minimum atomic E-state index is -0.370. The molecule has 1 atom stereocenters. The van der Waals surface area contributed by atoms with Crippen LogP contribution >= 0.6 is 0 Å². The number of nitrogens with zero attached hydrogens (tertiary/aromatic N) is 1. The quantitative estimate of drug-likeness (QED) is 0.841. The molecule has 2 rings (SSSR count). The molecule has 1 aromatic rings. The Kier molecular flexibility index (Phi) is 3.50. The minimum Gasteiger partial charge on any atom is -0.372 e. The van der Waals surface area contributed by atoms with Crippen molar-refractivity contribution in [2.75, 3.05) is 13.1 Å². The first-order valence-electron chi connectivity index (χ1n) is 5.30. The zero-order valence-corrected chi connectivity index (χ0v) is 8.87. The molecule has 1 aromatic carbocycles. The lowest BCUT2D eigenvalue weighted by atomic mass is 10.1. The summed E-state index contributed by atoms with van der Waals surface area (Å²) in [5.74, 6) is -0.370. The molecule has 1 unspecified atom stereocenters. The lowest BCUT2D eigenvalue weighted by molar-refractivity contribution is 0.0525. The molecular weight excluding hydrogens is 207 g/mol. The monoisotopic (exact) mass is 220 g/mol. The van der Waals surface area contributed by atoms with Crippen LogP contribution in [-0.2, 0) is 11.3 Å². The lowest BCUT2D eigenvalue weighted by Crippen LogP contribution is -2.16. The van der Waals surface area contributed by atoms with Gasteiger partial charge in [-0.2, -0.15) is 5.26 Å². The maximum absolute atomic E-state index is 13.5. The van der Waals surface area contributed by atoms with E-state index in [9.17, 15) is 4.39 Å². The molecular formula is C12H13FN2O. The molecule has 16 heavy (non-hydrogen) atoms. The molecule has 0 amide bonds. The highest BCUT2D eigenvalue weighted by molar-refractivity contribution is 5.32. The third-order valence-electron chi connectivity index (χ3n) is 2.67. The number of halogens is 1. The van der Waals surface area contributed by atoms with Crippen molar-refractivity contribution in [3.05, 3.63) is 35.1 Å². The summed E-state index contributed by atoms with van der Waals surface area (Å²) in [7, 11) is 0. The Morgan fingerprint density at radius 3 is 3.06 bits per heavy atom. The molecule has 3 nitrogen and oxygen atoms in total. The van der Waals surface area contributed by atoms with Gasteiger partial charge in [0.25, 0.3) is 0 Å². The number of hydrogen-bond acceptors (Lipinski definition) is 3. The predicted molar refractivity (Wildman–Crippen MR) is 57.2 cm³/mol. The fourth-order valence-corrected chi connectivity index (χ4v) is 1.71. The van der Waals surface area contributed by atoms with E-state index in [2.05, 4.69) is 5.32 Å². The van der Waals surface area contributed by atoms with E-state index < -0.39 is 0 Å². The fourth-order valence-electron chi connectivity index (χ4n) is 1.71. The van der Waals surface area contributed by atoms with Crippen LogP contribution in [0.3, 0.4) is 0 Å². The molecule has 0 aromatic heterocycles. The SMILES string of the molecule is N#Cc1ccc(COC2CCNC2)c(F)c1. The highest BCUT2D eigenvalue weighted by Crippen LogP contribution is 2.13. The number of rotatable bonds is 3. The van der Waals surface area contributed by atoms with Crippen molar-refractivity contribution >= 4 is 0 Å². The number of nitrogens with one attached hydrogen (secondary N) is 1. The predicted octanol–water partition coefficient (Wildman–Crippen LogP) is 1.58. The number of ether oxygens (including phenoxy) is 1. The van der Waals surface area contributed by atoms with Crippen molar-refractivity contribution in [1.82, 2.24) is 5.32 Å². The van der Waals surface area contributed by atoms with E-state index >= 15 is 0 Å². The van der Waals surface area contributed by atoms with E-state index in [1.807, 2.05) is 6.07 Å². The zero-order chi connectivity index (χ0) is 11.4. The second-order valence-electron chi connectivity index (χ2n) is 3.84. The van der Waals surface area contributed by atoms with Crippen LogP contribution in [0.5, 0.6) is 0 Å². The Labute approximate surface area is 93.8 Å². The van der Waals surface area contributed by atoms with Gasteiger partial charge in [0.15, 0.2) is 0 Å². The number of hydrogen-bond donors (Lipinski definition) is 1. The highest BCUT2D eigenvalue weighted by Gasteiger charge is 2.15. The van der Waals surface area contributed by atoms with E-state index in [0.717, 1.165) is 19.5 Å². The summed E-state index contributed by atoms with van der Waals surface area (Å²) in [5, 5.41) is 11.8. The van der Waals surface area contributed by atoms with Gasteiger partial charge in [-0.25, -0.2) is 4.39 Å². The van der Waals surface area contributed by atoms with Crippen molar-refractivity contribution in [3.8, 4) is 6.07 Å². The van der Waals surface area contributed by atoms with Crippen LogP contribution in [0.2, 0.25) is 0 Å². The standard InChI is InChI=1S/C12H13FN2O/c13-12-5-9(6-14)1-2-10(12)8-16-11-3-4-15-7-11/h1-2,5,11,15H,3-4,7-8H2. The fraction of sp³-hybridized carbons (Fsp3) is 0.417. The Bertz CT molecular complexity index is 408. The van der Waals surface area contributed by atoms with E-state index in [-0.39, 0.29) is 18.5 Å². The van der Waals surface area contributed by atoms with Gasteiger partial charge in [-0.15, -0.1) is 0 Å². The molecule has 4 heteroatoms. The molecule has 0 aliphatic carbocycles. The largest absolute Gasteiger partial charge is 0.372 e. The summed E-state index contributed by atoms with van der Waals surface area (Å²) in [6, 6.07) is 6.36. The van der Waals surface area contributed by atoms with Gasteiger partial charge in [0, 0.05) is 12.1 Å². The van der Waals surface area contributed by atoms with Crippen molar-refractivity contribution in [3.63, 3.8) is 0 Å². The van der Waals surface area contributed by atoms with Crippen LogP contribution in [0.15, 0.2) is 18.2 Å². The van der Waals surface area contributed by atoms with Crippen molar-refractivity contribution in [2.45, 2.75) is 19.1 Å². The van der Waals surface area contributed by atoms with Gasteiger partial charge in [0.05, 0.1) is 24.3 Å². The Morgan fingerprint density at radius 2 is 2.44 bits per heavy atom. The molecule has 1 aliphatic heterocycles. The Balaban J connectivity index is 1.96. The molecule has 0 saturated carbocycles. The second-order valence-corrected chi connectivity index (χ2v) is 3.84. The van der Waals surface area contributed by atoms with E-state index in [1.54, 1.807) is 12.1 Å². The van der Waals surface area contributed by atoms with E-state index in [0.29, 0.717) is 11.1 Å². The zero-order valence-electron chi connectivity index (χ0n) is 8.87. The first-order chi connectivity index (χ1) is 7.79. The Hall–Kier alpha value is -1.44. The van der Waals surface area contributed by atoms with Gasteiger partial charge in [0.1, 0.15) is 5.82 Å². The summed E-state index contributed by atoms with van der Waals surface area (Å²) in [6.07, 6.45) is 1.15. The average molecular weight is 220 g/mol. The van der Waals surface area contributed by atoms with E-state index in [4.69, 9.17) is 10.00 Å². The topological polar surface area (TPSA) is 45.0 Å². The third-order valence-corrected chi connectivity index (χ3v) is 2.67. The summed E-state index contributed by atoms with van der Waals surface area (Å²) in [5.41, 5.74) is 0.842. The van der Waals surface area contributed by atoms with Gasteiger partial charge in [-0.1, -0.05) is 6.07 Å². The lowest BCUT2D eigenvalue weighted by Gasteiger charge is -2.10. The molecule has 0 radical (unpaired) electrons. The van der Waals surface area contributed by atoms with Crippen LogP contribution in [0.25, 0.3) is 0 Å². The average Bonchev–Trinajstić information content (AvgIpc) is 2.80. The number of benzene rings is 1. The second kappa shape index (κ2) is 5.06. The molecule has 84 valence electrons. The third kappa shape index (κ3) is 2.57. The summed E-state index contributed by atoms with van der Waals surface area (Å²) in [6.45, 7) is 2.06. The summed E-state index contributed by atoms with van der Waals surface area (Å²) < 4.78 is 19.0. The highest BCUT2D eigenvalue weighted by atomic mass is 19.1. The van der Waals surface area contributed by atoms with Gasteiger partial charge in [-0.05, 0) is 25.1 Å². The maximum atomic E-state index is 13.5. The maximum Gasteiger partial charge on any atom is 0.130 e. The van der Waals surface area contributed by atoms with Gasteiger partial charge < -0.3 is 10.1 Å². The first-order valence-corrected chi connectivity index (χ1v) is 5.30. The molecule has 1 saturated heterocycles.